The molecular formula is C31H30ClFN2O3. The maximum Gasteiger partial charge on any atom is 0.339 e. The first-order chi connectivity index (χ1) is 18.4. The number of nitrogens with zero attached hydrogens (tertiary/aromatic N) is 1. The minimum absolute atomic E-state index is 0.297. The van der Waals surface area contributed by atoms with Crippen LogP contribution in [0.4, 0.5) is 4.39 Å². The fraction of sp³-hybridized carbons (Fsp3) is 0.323. The van der Waals surface area contributed by atoms with Crippen LogP contribution in [0.2, 0.25) is 5.02 Å². The second kappa shape index (κ2) is 11.5. The first-order valence-electron chi connectivity index (χ1n) is 13.2. The molecule has 5 nitrogen and oxygen atoms in total. The quantitative estimate of drug-likeness (QED) is 0.261. The number of fused-ring (bicyclic) bond motifs is 2. The number of amides is 1. The van der Waals surface area contributed by atoms with Gasteiger partial charge in [-0.2, -0.15) is 0 Å². The Labute approximate surface area is 226 Å². The zero-order chi connectivity index (χ0) is 26.6. The van der Waals surface area contributed by atoms with E-state index in [4.69, 9.17) is 21.3 Å². The average Bonchev–Trinajstić information content (AvgIpc) is 3.31. The van der Waals surface area contributed by atoms with Gasteiger partial charge in [0.25, 0.3) is 5.91 Å². The summed E-state index contributed by atoms with van der Waals surface area (Å²) in [4.78, 5) is 31.0. The summed E-state index contributed by atoms with van der Waals surface area (Å²) in [5.74, 6) is -1.30. The molecule has 2 aromatic carbocycles. The number of carbonyl (C=O) groups is 2. The number of pyridine rings is 1. The van der Waals surface area contributed by atoms with Crippen LogP contribution in [-0.4, -0.2) is 29.5 Å². The zero-order valence-corrected chi connectivity index (χ0v) is 22.1. The molecule has 0 saturated heterocycles. The third-order valence-electron chi connectivity index (χ3n) is 7.25. The van der Waals surface area contributed by atoms with Gasteiger partial charge in [0.2, 0.25) is 0 Å². The second-order valence-corrected chi connectivity index (χ2v) is 10.2. The topological polar surface area (TPSA) is 68.3 Å². The minimum atomic E-state index is -0.945. The number of carbonyl (C=O) groups excluding carboxylic acids is 2. The standard InChI is InChI=1S/C31H30ClFN2O3/c1-19(30(36)34-17-16-20-8-3-2-4-9-20)38-31(37)28-22-10-5-6-13-27(22)35-29-21(14-15-23(28)29)18-24-25(32)11-7-12-26(24)33/h5-8,10-13,18-19H,2-4,9,14-17H2,1H3,(H,34,36)/b21-18-. The van der Waals surface area contributed by atoms with E-state index in [-0.39, 0.29) is 5.91 Å². The summed E-state index contributed by atoms with van der Waals surface area (Å²) in [6.07, 6.45) is 9.57. The van der Waals surface area contributed by atoms with Crippen molar-refractivity contribution < 1.29 is 18.7 Å². The Kier molecular flexibility index (Phi) is 7.89. The Morgan fingerprint density at radius 2 is 1.97 bits per heavy atom. The number of esters is 1. The number of rotatable bonds is 7. The van der Waals surface area contributed by atoms with Gasteiger partial charge in [0, 0.05) is 17.5 Å². The molecule has 0 bridgehead atoms. The molecule has 1 N–H and O–H groups in total. The van der Waals surface area contributed by atoms with Crippen molar-refractivity contribution >= 4 is 46.0 Å². The van der Waals surface area contributed by atoms with Gasteiger partial charge in [0.05, 0.1) is 21.8 Å². The molecular weight excluding hydrogens is 503 g/mol. The molecule has 0 fully saturated rings. The summed E-state index contributed by atoms with van der Waals surface area (Å²) in [6.45, 7) is 2.11. The largest absolute Gasteiger partial charge is 0.449 e. The summed E-state index contributed by atoms with van der Waals surface area (Å²) in [6, 6.07) is 11.9. The van der Waals surface area contributed by atoms with Gasteiger partial charge in [-0.05, 0) is 87.3 Å². The molecule has 2 aliphatic rings. The van der Waals surface area contributed by atoms with Crippen molar-refractivity contribution in [2.45, 2.75) is 58.0 Å². The minimum Gasteiger partial charge on any atom is -0.449 e. The molecule has 0 spiro atoms. The van der Waals surface area contributed by atoms with Crippen molar-refractivity contribution in [2.24, 2.45) is 0 Å². The fourth-order valence-electron chi connectivity index (χ4n) is 5.23. The van der Waals surface area contributed by atoms with Crippen LogP contribution >= 0.6 is 11.6 Å². The zero-order valence-electron chi connectivity index (χ0n) is 21.4. The van der Waals surface area contributed by atoms with E-state index in [9.17, 15) is 14.0 Å². The molecule has 5 rings (SSSR count). The van der Waals surface area contributed by atoms with Crippen molar-refractivity contribution in [3.05, 3.63) is 87.3 Å². The van der Waals surface area contributed by atoms with Gasteiger partial charge in [-0.15, -0.1) is 0 Å². The Balaban J connectivity index is 1.39. The van der Waals surface area contributed by atoms with E-state index in [1.807, 2.05) is 24.3 Å². The predicted molar refractivity (Wildman–Crippen MR) is 148 cm³/mol. The lowest BCUT2D eigenvalue weighted by molar-refractivity contribution is -0.129. The molecule has 1 aromatic heterocycles. The highest BCUT2D eigenvalue weighted by Crippen LogP contribution is 2.39. The molecule has 0 aliphatic heterocycles. The number of hydrogen-bond donors (Lipinski definition) is 1. The molecule has 0 radical (unpaired) electrons. The van der Waals surface area contributed by atoms with Crippen LogP contribution in [0.5, 0.6) is 0 Å². The lowest BCUT2D eigenvalue weighted by Gasteiger charge is -2.17. The van der Waals surface area contributed by atoms with Crippen LogP contribution < -0.4 is 5.32 Å². The predicted octanol–water partition coefficient (Wildman–Crippen LogP) is 7.07. The van der Waals surface area contributed by atoms with Crippen molar-refractivity contribution in [3.8, 4) is 0 Å². The Bertz CT molecular complexity index is 1440. The molecule has 1 atom stereocenters. The summed E-state index contributed by atoms with van der Waals surface area (Å²) < 4.78 is 20.2. The maximum atomic E-state index is 14.5. The lowest BCUT2D eigenvalue weighted by Crippen LogP contribution is -2.36. The number of allylic oxidation sites excluding steroid dienone is 2. The number of para-hydroxylation sites is 1. The van der Waals surface area contributed by atoms with Gasteiger partial charge in [-0.1, -0.05) is 47.5 Å². The van der Waals surface area contributed by atoms with E-state index >= 15 is 0 Å². The lowest BCUT2D eigenvalue weighted by atomic mass is 9.97. The highest BCUT2D eigenvalue weighted by Gasteiger charge is 2.29. The van der Waals surface area contributed by atoms with Crippen molar-refractivity contribution in [2.75, 3.05) is 6.54 Å². The number of halogens is 2. The first-order valence-corrected chi connectivity index (χ1v) is 13.5. The highest BCUT2D eigenvalue weighted by atomic mass is 35.5. The van der Waals surface area contributed by atoms with Gasteiger partial charge in [0.15, 0.2) is 6.10 Å². The Morgan fingerprint density at radius 1 is 1.13 bits per heavy atom. The number of hydrogen-bond acceptors (Lipinski definition) is 4. The molecule has 196 valence electrons. The van der Waals surface area contributed by atoms with Gasteiger partial charge < -0.3 is 10.1 Å². The number of nitrogens with one attached hydrogen (secondary N) is 1. The summed E-state index contributed by atoms with van der Waals surface area (Å²) in [7, 11) is 0. The SMILES string of the molecule is CC(OC(=O)c1c2c(nc3ccccc13)/C(=C\c1c(F)cccc1Cl)CC2)C(=O)NCCC1=CCCCC1. The van der Waals surface area contributed by atoms with E-state index in [0.29, 0.717) is 52.1 Å². The molecule has 1 amide bonds. The summed E-state index contributed by atoms with van der Waals surface area (Å²) in [5, 5.41) is 3.87. The highest BCUT2D eigenvalue weighted by molar-refractivity contribution is 6.32. The summed E-state index contributed by atoms with van der Waals surface area (Å²) >= 11 is 6.26. The van der Waals surface area contributed by atoms with Crippen LogP contribution in [0.3, 0.4) is 0 Å². The normalized spacial score (nSPS) is 16.7. The molecule has 7 heteroatoms. The molecule has 1 heterocycles. The van der Waals surface area contributed by atoms with E-state index in [0.717, 1.165) is 30.4 Å². The Morgan fingerprint density at radius 3 is 2.76 bits per heavy atom. The van der Waals surface area contributed by atoms with Crippen molar-refractivity contribution in [1.82, 2.24) is 10.3 Å². The molecule has 1 unspecified atom stereocenters. The van der Waals surface area contributed by atoms with Crippen molar-refractivity contribution in [3.63, 3.8) is 0 Å². The van der Waals surface area contributed by atoms with Crippen LogP contribution in [0.1, 0.15) is 72.6 Å². The first kappa shape index (κ1) is 26.1. The monoisotopic (exact) mass is 532 g/mol. The summed E-state index contributed by atoms with van der Waals surface area (Å²) in [5.41, 5.74) is 4.88. The van der Waals surface area contributed by atoms with Gasteiger partial charge >= 0.3 is 5.97 Å². The van der Waals surface area contributed by atoms with E-state index in [1.54, 1.807) is 25.1 Å². The maximum absolute atomic E-state index is 14.5. The van der Waals surface area contributed by atoms with E-state index < -0.39 is 17.9 Å². The molecule has 0 saturated carbocycles. The number of aromatic nitrogens is 1. The third kappa shape index (κ3) is 5.51. The van der Waals surface area contributed by atoms with Crippen LogP contribution in [0.15, 0.2) is 54.1 Å². The second-order valence-electron chi connectivity index (χ2n) is 9.83. The number of ether oxygens (including phenoxy) is 1. The molecule has 3 aromatic rings. The smallest absolute Gasteiger partial charge is 0.339 e. The average molecular weight is 533 g/mol. The van der Waals surface area contributed by atoms with Crippen molar-refractivity contribution in [1.29, 1.82) is 0 Å². The third-order valence-corrected chi connectivity index (χ3v) is 7.58. The van der Waals surface area contributed by atoms with Gasteiger partial charge in [-0.3, -0.25) is 4.79 Å². The van der Waals surface area contributed by atoms with Gasteiger partial charge in [-0.25, -0.2) is 14.2 Å². The van der Waals surface area contributed by atoms with Crippen LogP contribution in [-0.2, 0) is 16.0 Å². The van der Waals surface area contributed by atoms with Gasteiger partial charge in [0.1, 0.15) is 5.82 Å². The number of benzene rings is 2. The molecule has 2 aliphatic carbocycles. The van der Waals surface area contributed by atoms with E-state index in [1.165, 1.54) is 24.5 Å². The fourth-order valence-corrected chi connectivity index (χ4v) is 5.45. The van der Waals surface area contributed by atoms with Crippen LogP contribution in [0.25, 0.3) is 22.6 Å². The molecule has 38 heavy (non-hydrogen) atoms. The van der Waals surface area contributed by atoms with E-state index in [2.05, 4.69) is 11.4 Å². The Hall–Kier alpha value is -3.51. The van der Waals surface area contributed by atoms with Crippen LogP contribution in [0, 0.1) is 5.82 Å².